The average molecular weight is 277 g/mol. The standard InChI is InChI=1S/C14H17ClN4/c1-4-10-6-5-7-11(8-10)19(3)14-12(15)13(16)17-9(2)18-14/h5-8H,4H2,1-3H3,(H2,16,17,18). The largest absolute Gasteiger partial charge is 0.382 e. The van der Waals surface area contributed by atoms with E-state index in [1.54, 1.807) is 6.92 Å². The van der Waals surface area contributed by atoms with Crippen molar-refractivity contribution in [2.75, 3.05) is 17.7 Å². The second-order valence-corrected chi connectivity index (χ2v) is 4.75. The van der Waals surface area contributed by atoms with E-state index in [2.05, 4.69) is 29.0 Å². The molecule has 2 N–H and O–H groups in total. The predicted octanol–water partition coefficient (Wildman–Crippen LogP) is 3.35. The minimum atomic E-state index is 0.308. The lowest BCUT2D eigenvalue weighted by Crippen LogP contribution is -2.14. The summed E-state index contributed by atoms with van der Waals surface area (Å²) in [5, 5.41) is 0.384. The van der Waals surface area contributed by atoms with Crippen LogP contribution in [0.1, 0.15) is 18.3 Å². The molecule has 0 spiro atoms. The number of nitrogen functional groups attached to an aromatic ring is 1. The molecule has 0 atom stereocenters. The Morgan fingerprint density at radius 1 is 1.32 bits per heavy atom. The van der Waals surface area contributed by atoms with Crippen molar-refractivity contribution in [3.63, 3.8) is 0 Å². The van der Waals surface area contributed by atoms with E-state index in [-0.39, 0.29) is 0 Å². The first-order chi connectivity index (χ1) is 9.02. The van der Waals surface area contributed by atoms with Crippen LogP contribution in [0, 0.1) is 6.92 Å². The van der Waals surface area contributed by atoms with Gasteiger partial charge in [0.1, 0.15) is 16.7 Å². The molecule has 0 bridgehead atoms. The Bertz CT molecular complexity index is 598. The first-order valence-electron chi connectivity index (χ1n) is 6.15. The number of benzene rings is 1. The van der Waals surface area contributed by atoms with E-state index in [0.717, 1.165) is 12.1 Å². The highest BCUT2D eigenvalue weighted by molar-refractivity contribution is 6.35. The molecule has 1 heterocycles. The van der Waals surface area contributed by atoms with E-state index in [9.17, 15) is 0 Å². The summed E-state index contributed by atoms with van der Waals surface area (Å²) in [6, 6.07) is 8.25. The van der Waals surface area contributed by atoms with Gasteiger partial charge in [-0.25, -0.2) is 9.97 Å². The van der Waals surface area contributed by atoms with E-state index in [1.807, 2.05) is 24.1 Å². The van der Waals surface area contributed by atoms with Crippen molar-refractivity contribution in [2.45, 2.75) is 20.3 Å². The van der Waals surface area contributed by atoms with Gasteiger partial charge in [-0.1, -0.05) is 30.7 Å². The molecule has 4 nitrogen and oxygen atoms in total. The van der Waals surface area contributed by atoms with Crippen molar-refractivity contribution in [1.29, 1.82) is 0 Å². The summed E-state index contributed by atoms with van der Waals surface area (Å²) in [6.45, 7) is 3.92. The zero-order valence-corrected chi connectivity index (χ0v) is 12.1. The van der Waals surface area contributed by atoms with Crippen LogP contribution in [0.25, 0.3) is 0 Å². The Morgan fingerprint density at radius 2 is 2.05 bits per heavy atom. The normalized spacial score (nSPS) is 10.5. The molecule has 0 radical (unpaired) electrons. The molecular weight excluding hydrogens is 260 g/mol. The molecule has 19 heavy (non-hydrogen) atoms. The Balaban J connectivity index is 2.46. The van der Waals surface area contributed by atoms with Gasteiger partial charge in [0.25, 0.3) is 0 Å². The highest BCUT2D eigenvalue weighted by Gasteiger charge is 2.14. The predicted molar refractivity (Wildman–Crippen MR) is 80.1 cm³/mol. The minimum absolute atomic E-state index is 0.308. The lowest BCUT2D eigenvalue weighted by Gasteiger charge is -2.21. The third-order valence-corrected chi connectivity index (χ3v) is 3.36. The Morgan fingerprint density at radius 3 is 2.74 bits per heavy atom. The number of aromatic nitrogens is 2. The van der Waals surface area contributed by atoms with Gasteiger partial charge < -0.3 is 10.6 Å². The molecular formula is C14H17ClN4. The van der Waals surface area contributed by atoms with Crippen LogP contribution in [0.5, 0.6) is 0 Å². The van der Waals surface area contributed by atoms with Crippen LogP contribution in [-0.4, -0.2) is 17.0 Å². The molecule has 0 aliphatic rings. The van der Waals surface area contributed by atoms with Gasteiger partial charge in [0.15, 0.2) is 5.82 Å². The monoisotopic (exact) mass is 276 g/mol. The molecule has 0 saturated carbocycles. The molecule has 1 aromatic carbocycles. The molecule has 0 aliphatic carbocycles. The molecule has 100 valence electrons. The molecule has 0 saturated heterocycles. The van der Waals surface area contributed by atoms with Crippen LogP contribution in [0.4, 0.5) is 17.3 Å². The Hall–Kier alpha value is -1.81. The molecule has 0 fully saturated rings. The number of halogens is 1. The number of rotatable bonds is 3. The molecule has 0 unspecified atom stereocenters. The molecule has 2 rings (SSSR count). The fraction of sp³-hybridized carbons (Fsp3) is 0.286. The molecule has 5 heteroatoms. The molecule has 0 aliphatic heterocycles. The highest BCUT2D eigenvalue weighted by atomic mass is 35.5. The van der Waals surface area contributed by atoms with E-state index >= 15 is 0 Å². The van der Waals surface area contributed by atoms with Gasteiger partial charge in [-0.3, -0.25) is 0 Å². The fourth-order valence-corrected chi connectivity index (χ4v) is 2.11. The topological polar surface area (TPSA) is 55.0 Å². The fourth-order valence-electron chi connectivity index (χ4n) is 1.89. The summed E-state index contributed by atoms with van der Waals surface area (Å²) in [6.07, 6.45) is 0.986. The average Bonchev–Trinajstić information content (AvgIpc) is 2.42. The van der Waals surface area contributed by atoms with E-state index in [4.69, 9.17) is 17.3 Å². The SMILES string of the molecule is CCc1cccc(N(C)c2nc(C)nc(N)c2Cl)c1. The Labute approximate surface area is 118 Å². The summed E-state index contributed by atoms with van der Waals surface area (Å²) < 4.78 is 0. The van der Waals surface area contributed by atoms with Crippen LogP contribution >= 0.6 is 11.6 Å². The molecule has 0 amide bonds. The zero-order valence-electron chi connectivity index (χ0n) is 11.3. The van der Waals surface area contributed by atoms with Crippen LogP contribution in [-0.2, 0) is 6.42 Å². The first-order valence-corrected chi connectivity index (χ1v) is 6.53. The summed E-state index contributed by atoms with van der Waals surface area (Å²) in [7, 11) is 1.92. The second kappa shape index (κ2) is 5.45. The van der Waals surface area contributed by atoms with Crippen LogP contribution in [0.3, 0.4) is 0 Å². The summed E-state index contributed by atoms with van der Waals surface area (Å²) in [4.78, 5) is 10.3. The zero-order chi connectivity index (χ0) is 14.0. The third kappa shape index (κ3) is 2.79. The van der Waals surface area contributed by atoms with Crippen LogP contribution in [0.2, 0.25) is 5.02 Å². The van der Waals surface area contributed by atoms with Crippen molar-refractivity contribution in [3.05, 3.63) is 40.7 Å². The van der Waals surface area contributed by atoms with Crippen molar-refractivity contribution in [2.24, 2.45) is 0 Å². The van der Waals surface area contributed by atoms with Crippen molar-refractivity contribution < 1.29 is 0 Å². The number of aryl methyl sites for hydroxylation is 2. The van der Waals surface area contributed by atoms with E-state index < -0.39 is 0 Å². The number of hydrogen-bond acceptors (Lipinski definition) is 4. The first kappa shape index (κ1) is 13.6. The van der Waals surface area contributed by atoms with Gasteiger partial charge in [-0.2, -0.15) is 0 Å². The Kier molecular flexibility index (Phi) is 3.90. The van der Waals surface area contributed by atoms with Gasteiger partial charge in [-0.05, 0) is 31.0 Å². The van der Waals surface area contributed by atoms with Crippen molar-refractivity contribution >= 4 is 28.9 Å². The number of anilines is 3. The quantitative estimate of drug-likeness (QED) is 0.934. The number of nitrogens with zero attached hydrogens (tertiary/aromatic N) is 3. The smallest absolute Gasteiger partial charge is 0.157 e. The van der Waals surface area contributed by atoms with E-state index in [1.165, 1.54) is 5.56 Å². The second-order valence-electron chi connectivity index (χ2n) is 4.38. The maximum Gasteiger partial charge on any atom is 0.157 e. The maximum atomic E-state index is 6.19. The van der Waals surface area contributed by atoms with Crippen LogP contribution < -0.4 is 10.6 Å². The summed E-state index contributed by atoms with van der Waals surface area (Å²) >= 11 is 6.19. The van der Waals surface area contributed by atoms with Crippen molar-refractivity contribution in [1.82, 2.24) is 9.97 Å². The third-order valence-electron chi connectivity index (χ3n) is 2.99. The summed E-state index contributed by atoms with van der Waals surface area (Å²) in [5.41, 5.74) is 8.07. The molecule has 2 aromatic rings. The van der Waals surface area contributed by atoms with Crippen molar-refractivity contribution in [3.8, 4) is 0 Å². The van der Waals surface area contributed by atoms with Crippen LogP contribution in [0.15, 0.2) is 24.3 Å². The maximum absolute atomic E-state index is 6.19. The molecule has 1 aromatic heterocycles. The van der Waals surface area contributed by atoms with Gasteiger partial charge >= 0.3 is 0 Å². The van der Waals surface area contributed by atoms with Gasteiger partial charge in [-0.15, -0.1) is 0 Å². The van der Waals surface area contributed by atoms with Gasteiger partial charge in [0.2, 0.25) is 0 Å². The highest BCUT2D eigenvalue weighted by Crippen LogP contribution is 2.32. The number of hydrogen-bond donors (Lipinski definition) is 1. The lowest BCUT2D eigenvalue weighted by molar-refractivity contribution is 1.02. The summed E-state index contributed by atoms with van der Waals surface area (Å²) in [5.74, 6) is 1.54. The van der Waals surface area contributed by atoms with E-state index in [0.29, 0.717) is 22.5 Å². The lowest BCUT2D eigenvalue weighted by atomic mass is 10.1. The number of nitrogens with two attached hydrogens (primary N) is 1. The van der Waals surface area contributed by atoms with Gasteiger partial charge in [0, 0.05) is 12.7 Å². The minimum Gasteiger partial charge on any atom is -0.382 e. The van der Waals surface area contributed by atoms with Gasteiger partial charge in [0.05, 0.1) is 0 Å².